The van der Waals surface area contributed by atoms with Crippen molar-refractivity contribution in [3.63, 3.8) is 0 Å². The van der Waals surface area contributed by atoms with E-state index < -0.39 is 0 Å². The smallest absolute Gasteiger partial charge is 0.337 e. The predicted molar refractivity (Wildman–Crippen MR) is 121 cm³/mol. The van der Waals surface area contributed by atoms with Gasteiger partial charge < -0.3 is 9.47 Å². The molecule has 0 saturated carbocycles. The van der Waals surface area contributed by atoms with Crippen molar-refractivity contribution in [3.8, 4) is 0 Å². The van der Waals surface area contributed by atoms with Crippen molar-refractivity contribution in [2.45, 2.75) is 0 Å². The summed E-state index contributed by atoms with van der Waals surface area (Å²) in [6, 6.07) is 20.6. The predicted octanol–water partition coefficient (Wildman–Crippen LogP) is 4.43. The summed E-state index contributed by atoms with van der Waals surface area (Å²) < 4.78 is 11.5. The largest absolute Gasteiger partial charge is 0.465 e. The molecule has 0 amide bonds. The fraction of sp³-hybridized carbons (Fsp3) is 0.115. The van der Waals surface area contributed by atoms with Crippen LogP contribution in [0.15, 0.2) is 66.7 Å². The van der Waals surface area contributed by atoms with Gasteiger partial charge in [-0.25, -0.2) is 9.59 Å². The van der Waals surface area contributed by atoms with Crippen molar-refractivity contribution in [1.29, 1.82) is 0 Å². The highest BCUT2D eigenvalue weighted by Gasteiger charge is 2.08. The van der Waals surface area contributed by atoms with Crippen molar-refractivity contribution in [2.75, 3.05) is 14.2 Å². The van der Waals surface area contributed by atoms with E-state index in [1.54, 1.807) is 24.3 Å². The molecule has 0 fully saturated rings. The van der Waals surface area contributed by atoms with Crippen molar-refractivity contribution >= 4 is 36.2 Å². The molecule has 0 N–H and O–H groups in total. The van der Waals surface area contributed by atoms with Crippen LogP contribution in [0.4, 0.5) is 0 Å². The van der Waals surface area contributed by atoms with E-state index >= 15 is 0 Å². The number of carbonyl (C=O) groups is 2. The third-order valence-corrected chi connectivity index (χ3v) is 4.87. The summed E-state index contributed by atoms with van der Waals surface area (Å²) >= 11 is 0. The van der Waals surface area contributed by atoms with E-state index in [2.05, 4.69) is 4.57 Å². The molecule has 1 aromatic heterocycles. The highest BCUT2D eigenvalue weighted by Crippen LogP contribution is 2.12. The van der Waals surface area contributed by atoms with Crippen LogP contribution in [0.1, 0.15) is 43.2 Å². The van der Waals surface area contributed by atoms with Crippen molar-refractivity contribution in [2.24, 2.45) is 7.05 Å². The minimum atomic E-state index is -0.346. The Labute approximate surface area is 181 Å². The minimum absolute atomic E-state index is 0.346. The van der Waals surface area contributed by atoms with Crippen LogP contribution in [0.5, 0.6) is 0 Å². The topological polar surface area (TPSA) is 56.5 Å². The second kappa shape index (κ2) is 10.2. The molecule has 0 atom stereocenters. The first kappa shape index (κ1) is 21.7. The van der Waals surface area contributed by atoms with Crippen LogP contribution < -0.4 is 4.57 Å². The van der Waals surface area contributed by atoms with Crippen LogP contribution >= 0.6 is 0 Å². The molecule has 3 rings (SSSR count). The Kier molecular flexibility index (Phi) is 7.12. The average Bonchev–Trinajstić information content (AvgIpc) is 2.82. The van der Waals surface area contributed by atoms with Crippen LogP contribution in [-0.2, 0) is 16.5 Å². The van der Waals surface area contributed by atoms with E-state index in [1.807, 2.05) is 73.8 Å². The lowest BCUT2D eigenvalue weighted by molar-refractivity contribution is -0.675. The lowest BCUT2D eigenvalue weighted by Gasteiger charge is -2.01. The molecule has 2 aromatic carbocycles. The first-order valence-electron chi connectivity index (χ1n) is 9.74. The zero-order valence-corrected chi connectivity index (χ0v) is 17.7. The zero-order chi connectivity index (χ0) is 22.2. The number of nitrogens with zero attached hydrogens (tertiary/aromatic N) is 1. The quantitative estimate of drug-likeness (QED) is 0.442. The van der Waals surface area contributed by atoms with Crippen LogP contribution in [0.2, 0.25) is 0 Å². The fourth-order valence-corrected chi connectivity index (χ4v) is 3.01. The number of hydrogen-bond donors (Lipinski definition) is 0. The summed E-state index contributed by atoms with van der Waals surface area (Å²) in [5.41, 5.74) is 5.08. The van der Waals surface area contributed by atoms with Gasteiger partial charge >= 0.3 is 11.9 Å². The summed E-state index contributed by atoms with van der Waals surface area (Å²) in [7, 11) is 4.74. The van der Waals surface area contributed by atoms with Gasteiger partial charge in [0.15, 0.2) is 0 Å². The Balaban J connectivity index is 1.75. The normalized spacial score (nSPS) is 11.1. The van der Waals surface area contributed by atoms with Gasteiger partial charge in [0.1, 0.15) is 7.05 Å². The van der Waals surface area contributed by atoms with E-state index in [9.17, 15) is 9.59 Å². The second-order valence-electron chi connectivity index (χ2n) is 6.83. The number of aromatic nitrogens is 1. The Hall–Kier alpha value is -3.99. The van der Waals surface area contributed by atoms with E-state index in [0.717, 1.165) is 22.5 Å². The van der Waals surface area contributed by atoms with Gasteiger partial charge in [-0.3, -0.25) is 0 Å². The molecule has 0 saturated heterocycles. The van der Waals surface area contributed by atoms with Gasteiger partial charge in [-0.05, 0) is 53.6 Å². The number of rotatable bonds is 6. The fourth-order valence-electron chi connectivity index (χ4n) is 3.01. The third kappa shape index (κ3) is 5.54. The summed E-state index contributed by atoms with van der Waals surface area (Å²) in [5.74, 6) is -0.692. The van der Waals surface area contributed by atoms with Crippen molar-refractivity contribution < 1.29 is 23.6 Å². The van der Waals surface area contributed by atoms with E-state index in [1.165, 1.54) is 14.2 Å². The van der Waals surface area contributed by atoms with Crippen LogP contribution in [-0.4, -0.2) is 26.2 Å². The number of benzene rings is 2. The Morgan fingerprint density at radius 2 is 1.03 bits per heavy atom. The minimum Gasteiger partial charge on any atom is -0.465 e. The van der Waals surface area contributed by atoms with E-state index in [-0.39, 0.29) is 11.9 Å². The first-order chi connectivity index (χ1) is 15.0. The maximum atomic E-state index is 11.5. The van der Waals surface area contributed by atoms with E-state index in [4.69, 9.17) is 9.47 Å². The molecule has 0 bridgehead atoms. The van der Waals surface area contributed by atoms with Crippen LogP contribution in [0, 0.1) is 0 Å². The standard InChI is InChI=1S/C26H24NO4/c1-27-23(17-11-19-7-13-21(14-8-19)25(28)30-2)5-4-6-24(27)18-12-20-9-15-22(16-10-20)26(29)31-3/h4-18H,1-3H3/q+1/b17-11+,18-12+. The van der Waals surface area contributed by atoms with Gasteiger partial charge in [-0.1, -0.05) is 24.3 Å². The first-order valence-corrected chi connectivity index (χ1v) is 9.74. The Morgan fingerprint density at radius 3 is 1.39 bits per heavy atom. The van der Waals surface area contributed by atoms with Gasteiger partial charge in [0.25, 0.3) is 0 Å². The molecular weight excluding hydrogens is 390 g/mol. The van der Waals surface area contributed by atoms with Crippen molar-refractivity contribution in [1.82, 2.24) is 0 Å². The SMILES string of the molecule is COC(=O)c1ccc(/C=C/c2cccc(/C=C/c3ccc(C(=O)OC)cc3)[n+]2C)cc1. The van der Waals surface area contributed by atoms with E-state index in [0.29, 0.717) is 11.1 Å². The average molecular weight is 414 g/mol. The van der Waals surface area contributed by atoms with Crippen LogP contribution in [0.3, 0.4) is 0 Å². The maximum absolute atomic E-state index is 11.5. The molecule has 31 heavy (non-hydrogen) atoms. The molecule has 0 aliphatic rings. The maximum Gasteiger partial charge on any atom is 0.337 e. The monoisotopic (exact) mass is 414 g/mol. The molecule has 0 spiro atoms. The highest BCUT2D eigenvalue weighted by molar-refractivity contribution is 5.90. The summed E-state index contributed by atoms with van der Waals surface area (Å²) in [4.78, 5) is 23.1. The molecule has 156 valence electrons. The van der Waals surface area contributed by atoms with Gasteiger partial charge in [-0.2, -0.15) is 4.57 Å². The number of esters is 2. The molecule has 1 heterocycles. The third-order valence-electron chi connectivity index (χ3n) is 4.87. The Morgan fingerprint density at radius 1 is 0.645 bits per heavy atom. The molecule has 0 aliphatic heterocycles. The molecule has 5 nitrogen and oxygen atoms in total. The van der Waals surface area contributed by atoms with Gasteiger partial charge in [0, 0.05) is 24.3 Å². The second-order valence-corrected chi connectivity index (χ2v) is 6.83. The van der Waals surface area contributed by atoms with Gasteiger partial charge in [-0.15, -0.1) is 0 Å². The number of methoxy groups -OCH3 is 2. The van der Waals surface area contributed by atoms with Crippen molar-refractivity contribution in [3.05, 3.63) is 100 Å². The van der Waals surface area contributed by atoms with Crippen LogP contribution in [0.25, 0.3) is 24.3 Å². The molecule has 5 heteroatoms. The number of carbonyl (C=O) groups excluding carboxylic acids is 2. The number of pyridine rings is 1. The molecular formula is C26H24NO4+. The number of ether oxygens (including phenoxy) is 2. The highest BCUT2D eigenvalue weighted by atomic mass is 16.5. The molecule has 3 aromatic rings. The molecule has 0 unspecified atom stereocenters. The summed E-state index contributed by atoms with van der Waals surface area (Å²) in [6.07, 6.45) is 8.04. The summed E-state index contributed by atoms with van der Waals surface area (Å²) in [5, 5.41) is 0. The van der Waals surface area contributed by atoms with Gasteiger partial charge in [0.2, 0.25) is 11.4 Å². The zero-order valence-electron chi connectivity index (χ0n) is 17.7. The summed E-state index contributed by atoms with van der Waals surface area (Å²) in [6.45, 7) is 0. The lowest BCUT2D eigenvalue weighted by Crippen LogP contribution is -2.35. The van der Waals surface area contributed by atoms with Gasteiger partial charge in [0.05, 0.1) is 25.3 Å². The Bertz CT molecular complexity index is 1040. The molecule has 0 aliphatic carbocycles. The lowest BCUT2D eigenvalue weighted by atomic mass is 10.1. The molecule has 0 radical (unpaired) electrons. The number of hydrogen-bond acceptors (Lipinski definition) is 4.